The Hall–Kier alpha value is -0.870. The van der Waals surface area contributed by atoms with Gasteiger partial charge in [-0.25, -0.2) is 8.42 Å². The van der Waals surface area contributed by atoms with Crippen molar-refractivity contribution < 1.29 is 8.42 Å². The maximum atomic E-state index is 12.8. The number of hydrogen-bond donors (Lipinski definition) is 0. The van der Waals surface area contributed by atoms with Crippen LogP contribution in [0, 0.1) is 13.8 Å². The molecule has 0 unspecified atom stereocenters. The van der Waals surface area contributed by atoms with E-state index in [0.29, 0.717) is 18.0 Å². The first kappa shape index (κ1) is 17.2. The minimum Gasteiger partial charge on any atom is -0.207 e. The molecule has 0 amide bonds. The molecule has 0 heterocycles. The van der Waals surface area contributed by atoms with Crippen LogP contribution >= 0.6 is 0 Å². The van der Waals surface area contributed by atoms with E-state index in [1.54, 1.807) is 10.4 Å². The zero-order valence-corrected chi connectivity index (χ0v) is 14.0. The summed E-state index contributed by atoms with van der Waals surface area (Å²) in [5.74, 6) is 0. The van der Waals surface area contributed by atoms with Crippen molar-refractivity contribution in [2.45, 2.75) is 58.3 Å². The van der Waals surface area contributed by atoms with E-state index in [-0.39, 0.29) is 0 Å². The van der Waals surface area contributed by atoms with Gasteiger partial charge in [-0.05, 0) is 43.9 Å². The van der Waals surface area contributed by atoms with E-state index in [9.17, 15) is 8.42 Å². The maximum absolute atomic E-state index is 12.8. The van der Waals surface area contributed by atoms with Crippen LogP contribution in [-0.4, -0.2) is 25.8 Å². The second kappa shape index (κ2) is 7.79. The molecule has 0 aliphatic heterocycles. The van der Waals surface area contributed by atoms with Crippen molar-refractivity contribution in [1.29, 1.82) is 0 Å². The lowest BCUT2D eigenvalue weighted by Gasteiger charge is -2.23. The molecule has 114 valence electrons. The predicted octanol–water partition coefficient (Wildman–Crippen LogP) is 3.89. The molecule has 0 aliphatic carbocycles. The summed E-state index contributed by atoms with van der Waals surface area (Å²) in [5, 5.41) is 0. The normalized spacial score (nSPS) is 12.1. The van der Waals surface area contributed by atoms with Crippen LogP contribution in [0.1, 0.15) is 50.7 Å². The molecule has 0 saturated carbocycles. The molecule has 1 rings (SSSR count). The van der Waals surface area contributed by atoms with Gasteiger partial charge in [-0.2, -0.15) is 4.31 Å². The number of unbranched alkanes of at least 4 members (excludes halogenated alkanes) is 2. The molecule has 1 aromatic carbocycles. The Labute approximate surface area is 124 Å². The Kier molecular flexibility index (Phi) is 6.69. The summed E-state index contributed by atoms with van der Waals surface area (Å²) >= 11 is 0. The topological polar surface area (TPSA) is 37.4 Å². The van der Waals surface area contributed by atoms with Gasteiger partial charge in [-0.15, -0.1) is 0 Å². The van der Waals surface area contributed by atoms with Gasteiger partial charge >= 0.3 is 0 Å². The van der Waals surface area contributed by atoms with Crippen molar-refractivity contribution in [1.82, 2.24) is 4.31 Å². The van der Waals surface area contributed by atoms with E-state index in [1.807, 2.05) is 26.0 Å². The van der Waals surface area contributed by atoms with Crippen LogP contribution < -0.4 is 0 Å². The van der Waals surface area contributed by atoms with Crippen LogP contribution in [0.2, 0.25) is 0 Å². The second-order valence-corrected chi connectivity index (χ2v) is 7.29. The highest BCUT2D eigenvalue weighted by atomic mass is 32.2. The Morgan fingerprint density at radius 2 is 1.55 bits per heavy atom. The molecular formula is C16H27NO2S. The highest BCUT2D eigenvalue weighted by Crippen LogP contribution is 2.22. The molecule has 0 aromatic heterocycles. The van der Waals surface area contributed by atoms with Gasteiger partial charge in [0.2, 0.25) is 10.0 Å². The van der Waals surface area contributed by atoms with Gasteiger partial charge in [0, 0.05) is 13.1 Å². The molecule has 20 heavy (non-hydrogen) atoms. The monoisotopic (exact) mass is 297 g/mol. The summed E-state index contributed by atoms with van der Waals surface area (Å²) in [5.41, 5.74) is 1.81. The molecular weight excluding hydrogens is 270 g/mol. The second-order valence-electron chi connectivity index (χ2n) is 5.38. The Balaban J connectivity index is 3.10. The van der Waals surface area contributed by atoms with E-state index in [1.165, 1.54) is 0 Å². The first-order chi connectivity index (χ1) is 9.43. The first-order valence-corrected chi connectivity index (χ1v) is 8.94. The van der Waals surface area contributed by atoms with Gasteiger partial charge in [0.1, 0.15) is 0 Å². The first-order valence-electron chi connectivity index (χ1n) is 7.50. The molecule has 4 heteroatoms. The van der Waals surface area contributed by atoms with Gasteiger partial charge < -0.3 is 0 Å². The predicted molar refractivity (Wildman–Crippen MR) is 84.5 cm³/mol. The lowest BCUT2D eigenvalue weighted by atomic mass is 10.2. The van der Waals surface area contributed by atoms with Gasteiger partial charge in [-0.1, -0.05) is 38.8 Å². The molecule has 0 saturated heterocycles. The number of hydrogen-bond acceptors (Lipinski definition) is 2. The quantitative estimate of drug-likeness (QED) is 0.730. The largest absolute Gasteiger partial charge is 0.243 e. The third kappa shape index (κ3) is 4.32. The van der Waals surface area contributed by atoms with E-state index in [4.69, 9.17) is 0 Å². The summed E-state index contributed by atoms with van der Waals surface area (Å²) in [6.07, 6.45) is 3.83. The molecule has 0 spiro atoms. The minimum absolute atomic E-state index is 0.463. The summed E-state index contributed by atoms with van der Waals surface area (Å²) in [6, 6.07) is 5.63. The van der Waals surface area contributed by atoms with Gasteiger partial charge in [-0.3, -0.25) is 0 Å². The summed E-state index contributed by atoms with van der Waals surface area (Å²) in [7, 11) is -3.37. The van der Waals surface area contributed by atoms with Crippen molar-refractivity contribution in [3.63, 3.8) is 0 Å². The number of rotatable bonds is 8. The summed E-state index contributed by atoms with van der Waals surface area (Å²) in [4.78, 5) is 0.463. The van der Waals surface area contributed by atoms with E-state index in [2.05, 4.69) is 13.8 Å². The number of nitrogens with zero attached hydrogens (tertiary/aromatic N) is 1. The van der Waals surface area contributed by atoms with Crippen LogP contribution in [0.15, 0.2) is 23.1 Å². The standard InChI is InChI=1S/C16H27NO2S/c1-5-7-11-17(12-8-6-2)20(18,19)16-13-14(3)9-10-15(16)4/h9-10,13H,5-8,11-12H2,1-4H3. The number of benzene rings is 1. The van der Waals surface area contributed by atoms with Gasteiger partial charge in [0.25, 0.3) is 0 Å². The van der Waals surface area contributed by atoms with Crippen molar-refractivity contribution in [3.8, 4) is 0 Å². The molecule has 0 fully saturated rings. The van der Waals surface area contributed by atoms with Crippen molar-refractivity contribution in [2.75, 3.05) is 13.1 Å². The van der Waals surface area contributed by atoms with Crippen LogP contribution in [0.25, 0.3) is 0 Å². The fourth-order valence-corrected chi connectivity index (χ4v) is 3.97. The van der Waals surface area contributed by atoms with Crippen LogP contribution in [0.3, 0.4) is 0 Å². The van der Waals surface area contributed by atoms with Crippen molar-refractivity contribution in [2.24, 2.45) is 0 Å². The fourth-order valence-electron chi connectivity index (χ4n) is 2.15. The molecule has 0 radical (unpaired) electrons. The van der Waals surface area contributed by atoms with Gasteiger partial charge in [0.15, 0.2) is 0 Å². The zero-order chi connectivity index (χ0) is 15.2. The zero-order valence-electron chi connectivity index (χ0n) is 13.1. The van der Waals surface area contributed by atoms with Crippen LogP contribution in [0.4, 0.5) is 0 Å². The SMILES string of the molecule is CCCCN(CCCC)S(=O)(=O)c1cc(C)ccc1C. The Morgan fingerprint density at radius 1 is 1.00 bits per heavy atom. The van der Waals surface area contributed by atoms with E-state index < -0.39 is 10.0 Å². The smallest absolute Gasteiger partial charge is 0.207 e. The van der Waals surface area contributed by atoms with Crippen molar-refractivity contribution in [3.05, 3.63) is 29.3 Å². The summed E-state index contributed by atoms with van der Waals surface area (Å²) < 4.78 is 27.3. The molecule has 0 atom stereocenters. The van der Waals surface area contributed by atoms with E-state index in [0.717, 1.165) is 36.8 Å². The molecule has 1 aromatic rings. The molecule has 3 nitrogen and oxygen atoms in total. The highest BCUT2D eigenvalue weighted by molar-refractivity contribution is 7.89. The third-order valence-corrected chi connectivity index (χ3v) is 5.52. The lowest BCUT2D eigenvalue weighted by molar-refractivity contribution is 0.395. The Morgan fingerprint density at radius 3 is 2.05 bits per heavy atom. The molecule has 0 N–H and O–H groups in total. The fraction of sp³-hybridized carbons (Fsp3) is 0.625. The van der Waals surface area contributed by atoms with Gasteiger partial charge in [0.05, 0.1) is 4.90 Å². The Bertz CT molecular complexity index is 515. The van der Waals surface area contributed by atoms with Crippen molar-refractivity contribution >= 4 is 10.0 Å². The lowest BCUT2D eigenvalue weighted by Crippen LogP contribution is -2.33. The van der Waals surface area contributed by atoms with Crippen LogP contribution in [-0.2, 0) is 10.0 Å². The number of aryl methyl sites for hydroxylation is 2. The van der Waals surface area contributed by atoms with Crippen LogP contribution in [0.5, 0.6) is 0 Å². The maximum Gasteiger partial charge on any atom is 0.243 e. The molecule has 0 aliphatic rings. The average molecular weight is 297 g/mol. The number of sulfonamides is 1. The average Bonchev–Trinajstić information content (AvgIpc) is 2.41. The summed E-state index contributed by atoms with van der Waals surface area (Å²) in [6.45, 7) is 9.20. The highest BCUT2D eigenvalue weighted by Gasteiger charge is 2.25. The third-order valence-electron chi connectivity index (χ3n) is 3.48. The molecule has 0 bridgehead atoms. The minimum atomic E-state index is -3.37. The van der Waals surface area contributed by atoms with E-state index >= 15 is 0 Å².